The number of carbonyl (C=O) groups is 3. The minimum atomic E-state index is -3.69. The SMILES string of the molecule is Cc1ccc(C(=O)N[C@H](C(=O)OCC(=O)Nc2ccc(C)c(S(=O)(=O)N(C)C)c2)C(C)C)cc1. The van der Waals surface area contributed by atoms with Crippen LogP contribution in [0.4, 0.5) is 5.69 Å². The van der Waals surface area contributed by atoms with Gasteiger partial charge in [-0.2, -0.15) is 0 Å². The van der Waals surface area contributed by atoms with Gasteiger partial charge in [-0.1, -0.05) is 37.6 Å². The summed E-state index contributed by atoms with van der Waals surface area (Å²) >= 11 is 0. The zero-order chi connectivity index (χ0) is 25.6. The first-order valence-corrected chi connectivity index (χ1v) is 12.1. The van der Waals surface area contributed by atoms with Crippen molar-refractivity contribution in [1.82, 2.24) is 9.62 Å². The predicted molar refractivity (Wildman–Crippen MR) is 129 cm³/mol. The molecule has 0 aliphatic rings. The topological polar surface area (TPSA) is 122 Å². The van der Waals surface area contributed by atoms with Gasteiger partial charge in [0.25, 0.3) is 11.8 Å². The molecular formula is C24H31N3O6S. The van der Waals surface area contributed by atoms with Gasteiger partial charge in [-0.15, -0.1) is 0 Å². The summed E-state index contributed by atoms with van der Waals surface area (Å²) < 4.78 is 31.1. The van der Waals surface area contributed by atoms with Crippen LogP contribution in [0.2, 0.25) is 0 Å². The molecule has 2 amide bonds. The summed E-state index contributed by atoms with van der Waals surface area (Å²) in [5, 5.41) is 5.18. The summed E-state index contributed by atoms with van der Waals surface area (Å²) in [7, 11) is -0.855. The Morgan fingerprint density at radius 3 is 2.18 bits per heavy atom. The number of ether oxygens (including phenoxy) is 1. The molecule has 0 unspecified atom stereocenters. The molecule has 0 spiro atoms. The van der Waals surface area contributed by atoms with E-state index in [9.17, 15) is 22.8 Å². The number of hydrogen-bond donors (Lipinski definition) is 2. The number of nitrogens with one attached hydrogen (secondary N) is 2. The van der Waals surface area contributed by atoms with Crippen molar-refractivity contribution in [3.63, 3.8) is 0 Å². The summed E-state index contributed by atoms with van der Waals surface area (Å²) in [6.45, 7) is 6.47. The molecule has 0 aromatic heterocycles. The maximum absolute atomic E-state index is 12.6. The van der Waals surface area contributed by atoms with E-state index in [2.05, 4.69) is 10.6 Å². The van der Waals surface area contributed by atoms with Gasteiger partial charge >= 0.3 is 5.97 Å². The Labute approximate surface area is 200 Å². The van der Waals surface area contributed by atoms with Crippen LogP contribution in [0.25, 0.3) is 0 Å². The lowest BCUT2D eigenvalue weighted by Crippen LogP contribution is -2.45. The van der Waals surface area contributed by atoms with Crippen LogP contribution in [-0.2, 0) is 24.3 Å². The van der Waals surface area contributed by atoms with Crippen LogP contribution in [0.1, 0.15) is 35.3 Å². The number of amides is 2. The Morgan fingerprint density at radius 2 is 1.62 bits per heavy atom. The molecule has 10 heteroatoms. The van der Waals surface area contributed by atoms with Gasteiger partial charge in [0.1, 0.15) is 6.04 Å². The number of sulfonamides is 1. The van der Waals surface area contributed by atoms with Crippen LogP contribution in [0.3, 0.4) is 0 Å². The molecule has 184 valence electrons. The molecule has 34 heavy (non-hydrogen) atoms. The second-order valence-corrected chi connectivity index (χ2v) is 10.6. The molecule has 1 atom stereocenters. The monoisotopic (exact) mass is 489 g/mol. The Balaban J connectivity index is 2.02. The van der Waals surface area contributed by atoms with E-state index >= 15 is 0 Å². The number of hydrogen-bond acceptors (Lipinski definition) is 6. The third kappa shape index (κ3) is 6.88. The van der Waals surface area contributed by atoms with Crippen molar-refractivity contribution in [2.75, 3.05) is 26.0 Å². The lowest BCUT2D eigenvalue weighted by molar-refractivity contribution is -0.150. The van der Waals surface area contributed by atoms with E-state index in [4.69, 9.17) is 4.74 Å². The third-order valence-corrected chi connectivity index (χ3v) is 7.05. The summed E-state index contributed by atoms with van der Waals surface area (Å²) in [5.74, 6) is -2.08. The van der Waals surface area contributed by atoms with E-state index in [1.807, 2.05) is 6.92 Å². The highest BCUT2D eigenvalue weighted by atomic mass is 32.2. The normalized spacial score (nSPS) is 12.4. The average molecular weight is 490 g/mol. The van der Waals surface area contributed by atoms with Crippen LogP contribution in [-0.4, -0.2) is 57.3 Å². The number of rotatable bonds is 9. The molecule has 2 rings (SSSR count). The first-order chi connectivity index (χ1) is 15.8. The fourth-order valence-corrected chi connectivity index (χ4v) is 4.15. The van der Waals surface area contributed by atoms with Crippen molar-refractivity contribution >= 4 is 33.5 Å². The van der Waals surface area contributed by atoms with Crippen LogP contribution >= 0.6 is 0 Å². The molecule has 9 nitrogen and oxygen atoms in total. The number of esters is 1. The Morgan fingerprint density at radius 1 is 1.00 bits per heavy atom. The van der Waals surface area contributed by atoms with Crippen LogP contribution in [0.5, 0.6) is 0 Å². The first-order valence-electron chi connectivity index (χ1n) is 10.7. The van der Waals surface area contributed by atoms with Crippen LogP contribution in [0.15, 0.2) is 47.4 Å². The van der Waals surface area contributed by atoms with E-state index in [-0.39, 0.29) is 16.5 Å². The summed E-state index contributed by atoms with van der Waals surface area (Å²) in [4.78, 5) is 37.4. The molecule has 2 aromatic rings. The zero-order valence-electron chi connectivity index (χ0n) is 20.2. The van der Waals surface area contributed by atoms with E-state index in [0.717, 1.165) is 9.87 Å². The number of carbonyl (C=O) groups excluding carboxylic acids is 3. The molecule has 0 radical (unpaired) electrons. The van der Waals surface area contributed by atoms with Crippen molar-refractivity contribution in [2.45, 2.75) is 38.6 Å². The van der Waals surface area contributed by atoms with Gasteiger partial charge in [0, 0.05) is 25.3 Å². The van der Waals surface area contributed by atoms with Gasteiger partial charge < -0.3 is 15.4 Å². The van der Waals surface area contributed by atoms with E-state index in [1.165, 1.54) is 20.2 Å². The third-order valence-electron chi connectivity index (χ3n) is 5.10. The molecule has 0 aliphatic heterocycles. The molecule has 2 N–H and O–H groups in total. The van der Waals surface area contributed by atoms with Gasteiger partial charge in [-0.25, -0.2) is 17.5 Å². The predicted octanol–water partition coefficient (Wildman–Crippen LogP) is 2.49. The number of aryl methyl sites for hydroxylation is 2. The molecule has 0 saturated heterocycles. The van der Waals surface area contributed by atoms with Crippen molar-refractivity contribution in [1.29, 1.82) is 0 Å². The van der Waals surface area contributed by atoms with E-state index in [1.54, 1.807) is 57.2 Å². The highest BCUT2D eigenvalue weighted by Crippen LogP contribution is 2.22. The summed E-state index contributed by atoms with van der Waals surface area (Å²) in [6.07, 6.45) is 0. The van der Waals surface area contributed by atoms with E-state index in [0.29, 0.717) is 11.1 Å². The van der Waals surface area contributed by atoms with Crippen molar-refractivity contribution in [2.24, 2.45) is 5.92 Å². The van der Waals surface area contributed by atoms with Gasteiger partial charge in [0.15, 0.2) is 6.61 Å². The molecule has 0 aliphatic carbocycles. The lowest BCUT2D eigenvalue weighted by atomic mass is 10.0. The minimum absolute atomic E-state index is 0.0611. The van der Waals surface area contributed by atoms with Gasteiger partial charge in [-0.3, -0.25) is 9.59 Å². The van der Waals surface area contributed by atoms with Crippen molar-refractivity contribution < 1.29 is 27.5 Å². The maximum Gasteiger partial charge on any atom is 0.329 e. The number of benzene rings is 2. The lowest BCUT2D eigenvalue weighted by Gasteiger charge is -2.21. The first kappa shape index (κ1) is 27.0. The molecule has 0 fully saturated rings. The Kier molecular flexibility index (Phi) is 8.94. The molecule has 0 saturated carbocycles. The quantitative estimate of drug-likeness (QED) is 0.522. The van der Waals surface area contributed by atoms with Gasteiger partial charge in [0.2, 0.25) is 10.0 Å². The smallest absolute Gasteiger partial charge is 0.329 e. The van der Waals surface area contributed by atoms with Crippen molar-refractivity contribution in [3.8, 4) is 0 Å². The second kappa shape index (κ2) is 11.3. The minimum Gasteiger partial charge on any atom is -0.454 e. The maximum atomic E-state index is 12.6. The van der Waals surface area contributed by atoms with Gasteiger partial charge in [-0.05, 0) is 49.6 Å². The largest absolute Gasteiger partial charge is 0.454 e. The van der Waals surface area contributed by atoms with E-state index < -0.39 is 40.5 Å². The zero-order valence-corrected chi connectivity index (χ0v) is 21.0. The molecule has 0 heterocycles. The van der Waals surface area contributed by atoms with Gasteiger partial charge in [0.05, 0.1) is 4.90 Å². The summed E-state index contributed by atoms with van der Waals surface area (Å²) in [6, 6.07) is 10.4. The Hall–Kier alpha value is -3.24. The average Bonchev–Trinajstić information content (AvgIpc) is 2.77. The molecule has 2 aromatic carbocycles. The van der Waals surface area contributed by atoms with Crippen LogP contribution < -0.4 is 10.6 Å². The molecule has 0 bridgehead atoms. The number of nitrogens with zero attached hydrogens (tertiary/aromatic N) is 1. The second-order valence-electron chi connectivity index (χ2n) is 8.48. The standard InChI is InChI=1S/C24H31N3O6S/c1-15(2)22(26-23(29)18-10-7-16(3)8-11-18)24(30)33-14-21(28)25-19-12-9-17(4)20(13-19)34(31,32)27(5)6/h7-13,15,22H,14H2,1-6H3,(H,25,28)(H,26,29)/t22-/m0/s1. The highest BCUT2D eigenvalue weighted by molar-refractivity contribution is 7.89. The highest BCUT2D eigenvalue weighted by Gasteiger charge is 2.27. The fraction of sp³-hybridized carbons (Fsp3) is 0.375. The van der Waals surface area contributed by atoms with Crippen LogP contribution in [0, 0.1) is 19.8 Å². The van der Waals surface area contributed by atoms with Crippen molar-refractivity contribution in [3.05, 3.63) is 59.2 Å². The number of anilines is 1. The molecular weight excluding hydrogens is 458 g/mol. The fourth-order valence-electron chi connectivity index (χ4n) is 3.00. The summed E-state index contributed by atoms with van der Waals surface area (Å²) in [5.41, 5.74) is 2.19. The Bertz CT molecular complexity index is 1160.